The fraction of sp³-hybridized carbons (Fsp3) is 0.455. The molecule has 0 spiro atoms. The second-order valence-corrected chi connectivity index (χ2v) is 4.00. The maximum atomic E-state index is 11.6. The van der Waals surface area contributed by atoms with Crippen LogP contribution in [0.3, 0.4) is 0 Å². The fourth-order valence-corrected chi connectivity index (χ4v) is 1.46. The summed E-state index contributed by atoms with van der Waals surface area (Å²) >= 11 is 0. The van der Waals surface area contributed by atoms with Gasteiger partial charge in [0.15, 0.2) is 0 Å². The molecule has 0 fully saturated rings. The van der Waals surface area contributed by atoms with Crippen LogP contribution in [0.25, 0.3) is 0 Å². The van der Waals surface area contributed by atoms with E-state index in [4.69, 9.17) is 5.73 Å². The molecule has 0 aliphatic rings. The third-order valence-corrected chi connectivity index (χ3v) is 2.08. The van der Waals surface area contributed by atoms with Gasteiger partial charge in [0.25, 0.3) is 0 Å². The lowest BCUT2D eigenvalue weighted by atomic mass is 10.4. The Morgan fingerprint density at radius 3 is 2.71 bits per heavy atom. The lowest BCUT2D eigenvalue weighted by molar-refractivity contribution is -0.122. The van der Waals surface area contributed by atoms with Crippen molar-refractivity contribution in [3.05, 3.63) is 18.0 Å². The number of nitrogens with zero attached hydrogens (tertiary/aromatic N) is 1. The number of amides is 1. The number of nitrogens with one attached hydrogen (secondary N) is 1. The molecule has 1 aromatic heterocycles. The Hall–Kier alpha value is -1.98. The van der Waals surface area contributed by atoms with Crippen LogP contribution in [0.2, 0.25) is 0 Å². The van der Waals surface area contributed by atoms with Gasteiger partial charge >= 0.3 is 5.97 Å². The van der Waals surface area contributed by atoms with E-state index in [1.54, 1.807) is 0 Å². The molecule has 17 heavy (non-hydrogen) atoms. The Balaban J connectivity index is 2.83. The molecule has 0 saturated carbocycles. The van der Waals surface area contributed by atoms with Gasteiger partial charge in [0.2, 0.25) is 5.91 Å². The van der Waals surface area contributed by atoms with Crippen molar-refractivity contribution < 1.29 is 14.3 Å². The largest absolute Gasteiger partial charge is 0.464 e. The van der Waals surface area contributed by atoms with E-state index < -0.39 is 5.97 Å². The number of esters is 1. The number of hydrogen-bond donors (Lipinski definition) is 2. The average molecular weight is 239 g/mol. The molecule has 1 aromatic rings. The van der Waals surface area contributed by atoms with E-state index in [-0.39, 0.29) is 24.2 Å². The summed E-state index contributed by atoms with van der Waals surface area (Å²) in [6, 6.07) is 1.53. The number of aromatic nitrogens is 1. The van der Waals surface area contributed by atoms with Gasteiger partial charge in [0.05, 0.1) is 12.8 Å². The summed E-state index contributed by atoms with van der Waals surface area (Å²) in [4.78, 5) is 23.0. The number of carbonyl (C=O) groups excluding carboxylic acids is 2. The molecule has 6 heteroatoms. The molecular weight excluding hydrogens is 222 g/mol. The molecule has 0 radical (unpaired) electrons. The number of nitrogens with two attached hydrogens (primary N) is 1. The van der Waals surface area contributed by atoms with E-state index in [1.807, 2.05) is 13.8 Å². The predicted molar refractivity (Wildman–Crippen MR) is 63.5 cm³/mol. The number of anilines is 1. The molecule has 6 nitrogen and oxygen atoms in total. The molecule has 0 atom stereocenters. The van der Waals surface area contributed by atoms with Crippen molar-refractivity contribution in [1.82, 2.24) is 9.88 Å². The summed E-state index contributed by atoms with van der Waals surface area (Å²) < 4.78 is 6.08. The van der Waals surface area contributed by atoms with Crippen LogP contribution in [-0.4, -0.2) is 29.6 Å². The van der Waals surface area contributed by atoms with Crippen LogP contribution >= 0.6 is 0 Å². The first-order valence-electron chi connectivity index (χ1n) is 5.27. The third-order valence-electron chi connectivity index (χ3n) is 2.08. The van der Waals surface area contributed by atoms with Gasteiger partial charge in [0.1, 0.15) is 12.2 Å². The van der Waals surface area contributed by atoms with Crippen LogP contribution in [0.5, 0.6) is 0 Å². The predicted octanol–water partition coefficient (Wildman–Crippen LogP) is 0.382. The fourth-order valence-electron chi connectivity index (χ4n) is 1.46. The zero-order valence-electron chi connectivity index (χ0n) is 10.2. The second-order valence-electron chi connectivity index (χ2n) is 4.00. The minimum Gasteiger partial charge on any atom is -0.464 e. The van der Waals surface area contributed by atoms with E-state index >= 15 is 0 Å². The number of carbonyl (C=O) groups is 2. The van der Waals surface area contributed by atoms with Crippen molar-refractivity contribution in [2.24, 2.45) is 0 Å². The highest BCUT2D eigenvalue weighted by Crippen LogP contribution is 2.11. The summed E-state index contributed by atoms with van der Waals surface area (Å²) in [5.74, 6) is -0.695. The summed E-state index contributed by atoms with van der Waals surface area (Å²) in [6.45, 7) is 3.77. The van der Waals surface area contributed by atoms with Crippen molar-refractivity contribution in [2.45, 2.75) is 26.4 Å². The molecular formula is C11H17N3O3. The van der Waals surface area contributed by atoms with Gasteiger partial charge in [-0.25, -0.2) is 4.79 Å². The van der Waals surface area contributed by atoms with Crippen LogP contribution in [0.15, 0.2) is 12.3 Å². The Kier molecular flexibility index (Phi) is 4.14. The first kappa shape index (κ1) is 13.1. The molecule has 1 heterocycles. The highest BCUT2D eigenvalue weighted by Gasteiger charge is 2.15. The van der Waals surface area contributed by atoms with Gasteiger partial charge in [0, 0.05) is 12.2 Å². The second kappa shape index (κ2) is 5.38. The van der Waals surface area contributed by atoms with Gasteiger partial charge < -0.3 is 20.4 Å². The van der Waals surface area contributed by atoms with Gasteiger partial charge in [-0.05, 0) is 19.9 Å². The number of nitrogen functional groups attached to an aromatic ring is 1. The Labute approximate surface area is 99.7 Å². The van der Waals surface area contributed by atoms with Gasteiger partial charge in [-0.3, -0.25) is 4.79 Å². The standard InChI is InChI=1S/C11H17N3O3/c1-7(2)13-10(15)6-14-5-8(12)4-9(14)11(16)17-3/h4-5,7H,6,12H2,1-3H3,(H,13,15). The summed E-state index contributed by atoms with van der Waals surface area (Å²) in [5, 5.41) is 2.73. The molecule has 94 valence electrons. The topological polar surface area (TPSA) is 86.3 Å². The van der Waals surface area contributed by atoms with Crippen LogP contribution in [-0.2, 0) is 16.1 Å². The molecule has 0 aliphatic carbocycles. The third kappa shape index (κ3) is 3.51. The average Bonchev–Trinajstić information content (AvgIpc) is 2.57. The van der Waals surface area contributed by atoms with Crippen molar-refractivity contribution in [3.63, 3.8) is 0 Å². The summed E-state index contributed by atoms with van der Waals surface area (Å²) in [7, 11) is 1.28. The normalized spacial score (nSPS) is 10.4. The van der Waals surface area contributed by atoms with Crippen LogP contribution in [0.1, 0.15) is 24.3 Å². The van der Waals surface area contributed by atoms with Gasteiger partial charge in [-0.1, -0.05) is 0 Å². The van der Waals surface area contributed by atoms with Gasteiger partial charge in [-0.15, -0.1) is 0 Å². The summed E-state index contributed by atoms with van der Waals surface area (Å²) in [6.07, 6.45) is 1.53. The molecule has 1 amide bonds. The van der Waals surface area contributed by atoms with Crippen molar-refractivity contribution in [2.75, 3.05) is 12.8 Å². The zero-order chi connectivity index (χ0) is 13.0. The molecule has 0 saturated heterocycles. The molecule has 0 aromatic carbocycles. The quantitative estimate of drug-likeness (QED) is 0.744. The Bertz CT molecular complexity index is 424. The lowest BCUT2D eigenvalue weighted by Gasteiger charge is -2.10. The molecule has 0 bridgehead atoms. The zero-order valence-corrected chi connectivity index (χ0v) is 10.2. The van der Waals surface area contributed by atoms with Crippen LogP contribution in [0, 0.1) is 0 Å². The summed E-state index contributed by atoms with van der Waals surface area (Å²) in [5.41, 5.74) is 6.28. The highest BCUT2D eigenvalue weighted by atomic mass is 16.5. The minimum absolute atomic E-state index is 0.0415. The minimum atomic E-state index is -0.515. The first-order valence-corrected chi connectivity index (χ1v) is 5.27. The maximum absolute atomic E-state index is 11.6. The van der Waals surface area contributed by atoms with E-state index in [0.717, 1.165) is 0 Å². The van der Waals surface area contributed by atoms with Gasteiger partial charge in [-0.2, -0.15) is 0 Å². The SMILES string of the molecule is COC(=O)c1cc(N)cn1CC(=O)NC(C)C. The van der Waals surface area contributed by atoms with E-state index in [9.17, 15) is 9.59 Å². The smallest absolute Gasteiger partial charge is 0.354 e. The van der Waals surface area contributed by atoms with E-state index in [1.165, 1.54) is 23.9 Å². The molecule has 0 aliphatic heterocycles. The van der Waals surface area contributed by atoms with Crippen molar-refractivity contribution in [3.8, 4) is 0 Å². The first-order chi connectivity index (χ1) is 7.93. The van der Waals surface area contributed by atoms with Crippen LogP contribution < -0.4 is 11.1 Å². The van der Waals surface area contributed by atoms with Crippen molar-refractivity contribution >= 4 is 17.6 Å². The molecule has 0 unspecified atom stereocenters. The number of methoxy groups -OCH3 is 1. The molecule has 1 rings (SSSR count). The lowest BCUT2D eigenvalue weighted by Crippen LogP contribution is -2.33. The Morgan fingerprint density at radius 2 is 2.18 bits per heavy atom. The number of rotatable bonds is 4. The molecule has 3 N–H and O–H groups in total. The van der Waals surface area contributed by atoms with E-state index in [0.29, 0.717) is 5.69 Å². The number of ether oxygens (including phenoxy) is 1. The highest BCUT2D eigenvalue weighted by molar-refractivity contribution is 5.89. The van der Waals surface area contributed by atoms with E-state index in [2.05, 4.69) is 10.1 Å². The Morgan fingerprint density at radius 1 is 1.53 bits per heavy atom. The maximum Gasteiger partial charge on any atom is 0.354 e. The van der Waals surface area contributed by atoms with Crippen LogP contribution in [0.4, 0.5) is 5.69 Å². The monoisotopic (exact) mass is 239 g/mol. The number of hydrogen-bond acceptors (Lipinski definition) is 4. The van der Waals surface area contributed by atoms with Crippen molar-refractivity contribution in [1.29, 1.82) is 0 Å².